The minimum atomic E-state index is 0.447. The van der Waals surface area contributed by atoms with Crippen molar-refractivity contribution in [2.24, 2.45) is 0 Å². The Bertz CT molecular complexity index is 307. The van der Waals surface area contributed by atoms with E-state index in [-0.39, 0.29) is 0 Å². The molecule has 0 amide bonds. The minimum Gasteiger partial charge on any atom is -0.508 e. The summed E-state index contributed by atoms with van der Waals surface area (Å²) in [6, 6.07) is 3.85. The zero-order valence-corrected chi connectivity index (χ0v) is 10.4. The molecule has 78 valence electrons. The molecule has 0 atom stereocenters. The zero-order chi connectivity index (χ0) is 10.6. The van der Waals surface area contributed by atoms with Gasteiger partial charge in [0.1, 0.15) is 5.75 Å². The standard InChI is InChI=1S/C12H17BrO/c1-3-10-9(7-8-13)5-6-12(14)11(10)4-2/h5-6,14H,3-4,7-8H2,1-2H3. The lowest BCUT2D eigenvalue weighted by molar-refractivity contribution is 0.467. The van der Waals surface area contributed by atoms with E-state index >= 15 is 0 Å². The molecule has 1 aromatic carbocycles. The molecule has 1 aromatic rings. The third kappa shape index (κ3) is 2.30. The van der Waals surface area contributed by atoms with Crippen molar-refractivity contribution in [2.75, 3.05) is 5.33 Å². The fraction of sp³-hybridized carbons (Fsp3) is 0.500. The highest BCUT2D eigenvalue weighted by molar-refractivity contribution is 9.09. The van der Waals surface area contributed by atoms with E-state index in [1.54, 1.807) is 0 Å². The monoisotopic (exact) mass is 256 g/mol. The Kier molecular flexibility index (Phi) is 4.46. The van der Waals surface area contributed by atoms with Crippen molar-refractivity contribution >= 4 is 15.9 Å². The molecule has 0 aliphatic carbocycles. The lowest BCUT2D eigenvalue weighted by atomic mass is 9.95. The summed E-state index contributed by atoms with van der Waals surface area (Å²) >= 11 is 3.45. The van der Waals surface area contributed by atoms with Crippen molar-refractivity contribution in [3.63, 3.8) is 0 Å². The third-order valence-corrected chi connectivity index (χ3v) is 2.97. The quantitative estimate of drug-likeness (QED) is 0.819. The predicted octanol–water partition coefficient (Wildman–Crippen LogP) is 3.45. The molecule has 0 fully saturated rings. The van der Waals surface area contributed by atoms with E-state index in [0.717, 1.165) is 30.2 Å². The van der Waals surface area contributed by atoms with E-state index in [0.29, 0.717) is 5.75 Å². The summed E-state index contributed by atoms with van der Waals surface area (Å²) in [5, 5.41) is 10.7. The lowest BCUT2D eigenvalue weighted by Gasteiger charge is -2.13. The Morgan fingerprint density at radius 3 is 2.29 bits per heavy atom. The minimum absolute atomic E-state index is 0.447. The van der Waals surface area contributed by atoms with Crippen LogP contribution in [0.3, 0.4) is 0 Å². The Hall–Kier alpha value is -0.500. The van der Waals surface area contributed by atoms with Crippen LogP contribution in [0.25, 0.3) is 0 Å². The number of phenols is 1. The van der Waals surface area contributed by atoms with Crippen LogP contribution >= 0.6 is 15.9 Å². The van der Waals surface area contributed by atoms with E-state index in [4.69, 9.17) is 0 Å². The summed E-state index contributed by atoms with van der Waals surface area (Å²) in [6.07, 6.45) is 2.95. The van der Waals surface area contributed by atoms with Crippen LogP contribution in [-0.4, -0.2) is 10.4 Å². The normalized spacial score (nSPS) is 10.5. The van der Waals surface area contributed by atoms with Gasteiger partial charge in [-0.2, -0.15) is 0 Å². The summed E-state index contributed by atoms with van der Waals surface area (Å²) in [6.45, 7) is 4.23. The van der Waals surface area contributed by atoms with Gasteiger partial charge in [0.05, 0.1) is 0 Å². The Morgan fingerprint density at radius 1 is 1.14 bits per heavy atom. The molecule has 0 radical (unpaired) electrons. The van der Waals surface area contributed by atoms with Crippen LogP contribution in [0.4, 0.5) is 0 Å². The van der Waals surface area contributed by atoms with Crippen LogP contribution in [0, 0.1) is 0 Å². The topological polar surface area (TPSA) is 20.2 Å². The highest BCUT2D eigenvalue weighted by Crippen LogP contribution is 2.26. The summed E-state index contributed by atoms with van der Waals surface area (Å²) in [4.78, 5) is 0. The van der Waals surface area contributed by atoms with Gasteiger partial charge in [0.25, 0.3) is 0 Å². The second-order valence-electron chi connectivity index (χ2n) is 3.35. The molecular weight excluding hydrogens is 240 g/mol. The highest BCUT2D eigenvalue weighted by atomic mass is 79.9. The van der Waals surface area contributed by atoms with Crippen LogP contribution in [0.1, 0.15) is 30.5 Å². The number of rotatable bonds is 4. The van der Waals surface area contributed by atoms with Gasteiger partial charge in [-0.15, -0.1) is 0 Å². The van der Waals surface area contributed by atoms with E-state index in [2.05, 4.69) is 29.8 Å². The molecule has 0 aromatic heterocycles. The smallest absolute Gasteiger partial charge is 0.119 e. The molecule has 0 heterocycles. The molecular formula is C12H17BrO. The fourth-order valence-electron chi connectivity index (χ4n) is 1.90. The van der Waals surface area contributed by atoms with Gasteiger partial charge in [0.2, 0.25) is 0 Å². The average Bonchev–Trinajstić information content (AvgIpc) is 2.20. The maximum Gasteiger partial charge on any atom is 0.119 e. The number of halogens is 1. The first-order chi connectivity index (χ1) is 6.74. The van der Waals surface area contributed by atoms with E-state index in [9.17, 15) is 5.11 Å². The van der Waals surface area contributed by atoms with Crippen LogP contribution in [-0.2, 0) is 19.3 Å². The van der Waals surface area contributed by atoms with Crippen LogP contribution < -0.4 is 0 Å². The van der Waals surface area contributed by atoms with E-state index < -0.39 is 0 Å². The molecule has 14 heavy (non-hydrogen) atoms. The predicted molar refractivity (Wildman–Crippen MR) is 64.4 cm³/mol. The van der Waals surface area contributed by atoms with Crippen molar-refractivity contribution in [3.05, 3.63) is 28.8 Å². The summed E-state index contributed by atoms with van der Waals surface area (Å²) in [5.74, 6) is 0.447. The number of phenolic OH excluding ortho intramolecular Hbond substituents is 1. The highest BCUT2D eigenvalue weighted by Gasteiger charge is 2.09. The Labute approximate surface area is 94.3 Å². The first-order valence-corrected chi connectivity index (χ1v) is 6.25. The van der Waals surface area contributed by atoms with Gasteiger partial charge in [-0.25, -0.2) is 0 Å². The van der Waals surface area contributed by atoms with Gasteiger partial charge in [0, 0.05) is 5.33 Å². The Balaban J connectivity index is 3.18. The van der Waals surface area contributed by atoms with Crippen LogP contribution in [0.2, 0.25) is 0 Å². The lowest BCUT2D eigenvalue weighted by Crippen LogP contribution is -1.99. The second-order valence-corrected chi connectivity index (χ2v) is 4.14. The Morgan fingerprint density at radius 2 is 1.79 bits per heavy atom. The van der Waals surface area contributed by atoms with Crippen LogP contribution in [0.5, 0.6) is 5.75 Å². The average molecular weight is 257 g/mol. The van der Waals surface area contributed by atoms with Crippen molar-refractivity contribution in [1.29, 1.82) is 0 Å². The number of alkyl halides is 1. The fourth-order valence-corrected chi connectivity index (χ4v) is 2.33. The summed E-state index contributed by atoms with van der Waals surface area (Å²) in [5.41, 5.74) is 3.80. The molecule has 0 spiro atoms. The van der Waals surface area contributed by atoms with Gasteiger partial charge >= 0.3 is 0 Å². The number of hydrogen-bond acceptors (Lipinski definition) is 1. The maximum absolute atomic E-state index is 9.70. The van der Waals surface area contributed by atoms with Crippen LogP contribution in [0.15, 0.2) is 12.1 Å². The molecule has 0 unspecified atom stereocenters. The molecule has 1 rings (SSSR count). The molecule has 0 aliphatic rings. The van der Waals surface area contributed by atoms with Gasteiger partial charge in [-0.1, -0.05) is 35.8 Å². The number of aromatic hydroxyl groups is 1. The SMILES string of the molecule is CCc1c(O)ccc(CCBr)c1CC. The van der Waals surface area contributed by atoms with Crippen molar-refractivity contribution in [3.8, 4) is 5.75 Å². The molecule has 2 heteroatoms. The summed E-state index contributed by atoms with van der Waals surface area (Å²) in [7, 11) is 0. The number of aryl methyl sites for hydroxylation is 1. The number of hydrogen-bond donors (Lipinski definition) is 1. The zero-order valence-electron chi connectivity index (χ0n) is 8.81. The number of benzene rings is 1. The van der Waals surface area contributed by atoms with Crippen molar-refractivity contribution < 1.29 is 5.11 Å². The largest absolute Gasteiger partial charge is 0.508 e. The molecule has 0 saturated carbocycles. The van der Waals surface area contributed by atoms with Gasteiger partial charge in [-0.05, 0) is 42.0 Å². The molecule has 0 bridgehead atoms. The molecule has 1 N–H and O–H groups in total. The maximum atomic E-state index is 9.70. The first kappa shape index (κ1) is 11.6. The first-order valence-electron chi connectivity index (χ1n) is 5.13. The second kappa shape index (κ2) is 5.40. The van der Waals surface area contributed by atoms with Crippen molar-refractivity contribution in [1.82, 2.24) is 0 Å². The molecule has 1 nitrogen and oxygen atoms in total. The molecule has 0 saturated heterocycles. The summed E-state index contributed by atoms with van der Waals surface area (Å²) < 4.78 is 0. The third-order valence-electron chi connectivity index (χ3n) is 2.57. The molecule has 0 aliphatic heterocycles. The van der Waals surface area contributed by atoms with Crippen molar-refractivity contribution in [2.45, 2.75) is 33.1 Å². The van der Waals surface area contributed by atoms with Gasteiger partial charge in [0.15, 0.2) is 0 Å². The van der Waals surface area contributed by atoms with Gasteiger partial charge < -0.3 is 5.11 Å². The van der Waals surface area contributed by atoms with E-state index in [1.165, 1.54) is 11.1 Å². The van der Waals surface area contributed by atoms with E-state index in [1.807, 2.05) is 12.1 Å². The van der Waals surface area contributed by atoms with Gasteiger partial charge in [-0.3, -0.25) is 0 Å².